The molecule has 2 aliphatic heterocycles. The van der Waals surface area contributed by atoms with Crippen LogP contribution in [0.25, 0.3) is 21.9 Å². The zero-order valence-corrected chi connectivity index (χ0v) is 17.0. The van der Waals surface area contributed by atoms with Crippen molar-refractivity contribution < 1.29 is 4.39 Å². The maximum atomic E-state index is 14.1. The van der Waals surface area contributed by atoms with Crippen LogP contribution in [0.2, 0.25) is 0 Å². The van der Waals surface area contributed by atoms with Crippen LogP contribution in [0, 0.1) is 5.82 Å². The SMILES string of the molecule is O=c1[nH]c2cccc(F)c2cc1Nc1nc2ccc(N3CCN4CCC[C@H]4C3)cc2[nH]1. The number of rotatable bonds is 3. The van der Waals surface area contributed by atoms with E-state index < -0.39 is 0 Å². The number of halogens is 1. The summed E-state index contributed by atoms with van der Waals surface area (Å²) in [5.74, 6) is 0.0716. The van der Waals surface area contributed by atoms with Crippen LogP contribution in [0.3, 0.4) is 0 Å². The second kappa shape index (κ2) is 7.09. The number of nitrogens with one attached hydrogen (secondary N) is 3. The van der Waals surface area contributed by atoms with Gasteiger partial charge in [-0.1, -0.05) is 6.07 Å². The van der Waals surface area contributed by atoms with Crippen LogP contribution in [0.1, 0.15) is 12.8 Å². The topological polar surface area (TPSA) is 80.1 Å². The molecule has 2 fully saturated rings. The fourth-order valence-electron chi connectivity index (χ4n) is 4.89. The molecule has 4 aromatic rings. The fraction of sp³-hybridized carbons (Fsp3) is 0.304. The van der Waals surface area contributed by atoms with Gasteiger partial charge in [0, 0.05) is 36.7 Å². The molecule has 0 radical (unpaired) electrons. The van der Waals surface area contributed by atoms with Crippen molar-refractivity contribution >= 4 is 39.3 Å². The highest BCUT2D eigenvalue weighted by atomic mass is 19.1. The molecule has 0 bridgehead atoms. The summed E-state index contributed by atoms with van der Waals surface area (Å²) in [4.78, 5) is 28.0. The number of hydrogen-bond donors (Lipinski definition) is 3. The lowest BCUT2D eigenvalue weighted by atomic mass is 10.1. The Labute approximate surface area is 177 Å². The van der Waals surface area contributed by atoms with Gasteiger partial charge in [-0.25, -0.2) is 9.37 Å². The number of anilines is 3. The Bertz CT molecular complexity index is 1350. The van der Waals surface area contributed by atoms with Crippen molar-refractivity contribution in [2.24, 2.45) is 0 Å². The van der Waals surface area contributed by atoms with E-state index in [1.54, 1.807) is 12.1 Å². The smallest absolute Gasteiger partial charge is 0.272 e. The molecule has 1 atom stereocenters. The molecule has 8 heteroatoms. The van der Waals surface area contributed by atoms with Crippen molar-refractivity contribution in [1.82, 2.24) is 19.9 Å². The van der Waals surface area contributed by atoms with Crippen molar-refractivity contribution in [3.05, 3.63) is 58.6 Å². The van der Waals surface area contributed by atoms with Gasteiger partial charge in [-0.15, -0.1) is 0 Å². The number of imidazole rings is 1. The molecule has 0 amide bonds. The predicted octanol–water partition coefficient (Wildman–Crippen LogP) is 3.57. The number of piperazine rings is 1. The van der Waals surface area contributed by atoms with Crippen molar-refractivity contribution in [3.8, 4) is 0 Å². The first-order valence-corrected chi connectivity index (χ1v) is 10.7. The van der Waals surface area contributed by atoms with Gasteiger partial charge in [-0.2, -0.15) is 0 Å². The summed E-state index contributed by atoms with van der Waals surface area (Å²) in [5.41, 5.74) is 3.28. The molecule has 0 unspecified atom stereocenters. The van der Waals surface area contributed by atoms with E-state index >= 15 is 0 Å². The van der Waals surface area contributed by atoms with Crippen LogP contribution >= 0.6 is 0 Å². The van der Waals surface area contributed by atoms with Crippen LogP contribution in [-0.4, -0.2) is 52.1 Å². The predicted molar refractivity (Wildman–Crippen MR) is 121 cm³/mol. The summed E-state index contributed by atoms with van der Waals surface area (Å²) in [7, 11) is 0. The molecular weight excluding hydrogens is 395 g/mol. The van der Waals surface area contributed by atoms with E-state index in [4.69, 9.17) is 0 Å². The van der Waals surface area contributed by atoms with Crippen molar-refractivity contribution in [2.45, 2.75) is 18.9 Å². The Morgan fingerprint density at radius 3 is 2.94 bits per heavy atom. The number of aromatic nitrogens is 3. The third-order valence-corrected chi connectivity index (χ3v) is 6.51. The number of H-pyrrole nitrogens is 2. The van der Waals surface area contributed by atoms with Crippen LogP contribution in [0.15, 0.2) is 47.3 Å². The van der Waals surface area contributed by atoms with Gasteiger partial charge in [0.2, 0.25) is 5.95 Å². The molecule has 7 nitrogen and oxygen atoms in total. The van der Waals surface area contributed by atoms with Crippen molar-refractivity contribution in [1.29, 1.82) is 0 Å². The van der Waals surface area contributed by atoms with Gasteiger partial charge in [-0.05, 0) is 55.8 Å². The second-order valence-corrected chi connectivity index (χ2v) is 8.40. The van der Waals surface area contributed by atoms with Crippen molar-refractivity contribution in [2.75, 3.05) is 36.4 Å². The van der Waals surface area contributed by atoms with E-state index in [9.17, 15) is 9.18 Å². The average Bonchev–Trinajstić information content (AvgIpc) is 3.40. The maximum absolute atomic E-state index is 14.1. The van der Waals surface area contributed by atoms with E-state index in [1.165, 1.54) is 37.2 Å². The largest absolute Gasteiger partial charge is 0.369 e. The van der Waals surface area contributed by atoms with Crippen LogP contribution in [0.4, 0.5) is 21.7 Å². The van der Waals surface area contributed by atoms with Gasteiger partial charge >= 0.3 is 0 Å². The Balaban J connectivity index is 1.29. The Morgan fingerprint density at radius 1 is 1.06 bits per heavy atom. The molecule has 3 N–H and O–H groups in total. The molecule has 6 rings (SSSR count). The van der Waals surface area contributed by atoms with Gasteiger partial charge in [0.05, 0.1) is 16.6 Å². The summed E-state index contributed by atoms with van der Waals surface area (Å²) in [6.45, 7) is 4.42. The van der Waals surface area contributed by atoms with Crippen molar-refractivity contribution in [3.63, 3.8) is 0 Å². The van der Waals surface area contributed by atoms with Crippen LogP contribution < -0.4 is 15.8 Å². The monoisotopic (exact) mass is 418 g/mol. The molecular formula is C23H23FN6O. The standard InChI is InChI=1S/C23H23FN6O/c24-17-4-1-5-18-16(17)12-21(22(31)25-18)28-23-26-19-7-6-14(11-20(19)27-23)30-10-9-29-8-2-3-15(29)13-30/h1,4-7,11-12,15H,2-3,8-10,13H2,(H,25,31)(H2,26,27,28)/t15-/m0/s1. The molecule has 31 heavy (non-hydrogen) atoms. The van der Waals surface area contributed by atoms with Gasteiger partial charge in [-0.3, -0.25) is 9.69 Å². The Morgan fingerprint density at radius 2 is 2.00 bits per heavy atom. The quantitative estimate of drug-likeness (QED) is 0.474. The normalized spacial score (nSPS) is 19.3. The minimum atomic E-state index is -0.381. The third kappa shape index (κ3) is 3.23. The molecule has 0 saturated carbocycles. The highest BCUT2D eigenvalue weighted by Crippen LogP contribution is 2.28. The molecule has 2 aliphatic rings. The molecule has 0 spiro atoms. The summed E-state index contributed by atoms with van der Waals surface area (Å²) >= 11 is 0. The Hall–Kier alpha value is -3.39. The minimum absolute atomic E-state index is 0.245. The van der Waals surface area contributed by atoms with Crippen LogP contribution in [-0.2, 0) is 0 Å². The van der Waals surface area contributed by atoms with Crippen LogP contribution in [0.5, 0.6) is 0 Å². The highest BCUT2D eigenvalue weighted by Gasteiger charge is 2.30. The summed E-state index contributed by atoms with van der Waals surface area (Å²) in [6.07, 6.45) is 2.57. The third-order valence-electron chi connectivity index (χ3n) is 6.51. The van der Waals surface area contributed by atoms with E-state index in [2.05, 4.69) is 42.2 Å². The average molecular weight is 418 g/mol. The number of pyridine rings is 1. The van der Waals surface area contributed by atoms with Gasteiger partial charge < -0.3 is 20.2 Å². The van der Waals surface area contributed by atoms with Gasteiger partial charge in [0.1, 0.15) is 11.5 Å². The lowest BCUT2D eigenvalue weighted by Gasteiger charge is -2.38. The number of fused-ring (bicyclic) bond motifs is 3. The molecule has 0 aliphatic carbocycles. The summed E-state index contributed by atoms with van der Waals surface area (Å²) < 4.78 is 14.1. The molecule has 2 saturated heterocycles. The number of hydrogen-bond acceptors (Lipinski definition) is 5. The zero-order chi connectivity index (χ0) is 20.9. The first-order chi connectivity index (χ1) is 15.1. The van der Waals surface area contributed by atoms with E-state index in [1.807, 2.05) is 6.07 Å². The summed E-state index contributed by atoms with van der Waals surface area (Å²) in [5, 5.41) is 3.37. The minimum Gasteiger partial charge on any atom is -0.369 e. The zero-order valence-electron chi connectivity index (χ0n) is 17.0. The Kier molecular flexibility index (Phi) is 4.21. The highest BCUT2D eigenvalue weighted by molar-refractivity contribution is 5.85. The van der Waals surface area contributed by atoms with Gasteiger partial charge in [0.15, 0.2) is 0 Å². The van der Waals surface area contributed by atoms with E-state index in [0.717, 1.165) is 30.7 Å². The molecule has 2 aromatic heterocycles. The fourth-order valence-corrected chi connectivity index (χ4v) is 4.89. The van der Waals surface area contributed by atoms with E-state index in [0.29, 0.717) is 22.9 Å². The lowest BCUT2D eigenvalue weighted by molar-refractivity contribution is 0.231. The summed E-state index contributed by atoms with van der Waals surface area (Å²) in [6, 6.07) is 13.0. The van der Waals surface area contributed by atoms with E-state index in [-0.39, 0.29) is 17.1 Å². The molecule has 158 valence electrons. The second-order valence-electron chi connectivity index (χ2n) is 8.40. The molecule has 4 heterocycles. The van der Waals surface area contributed by atoms with Gasteiger partial charge in [0.25, 0.3) is 5.56 Å². The first kappa shape index (κ1) is 18.4. The number of benzene rings is 2. The molecule has 2 aromatic carbocycles. The maximum Gasteiger partial charge on any atom is 0.272 e. The lowest BCUT2D eigenvalue weighted by Crippen LogP contribution is -2.50. The number of nitrogens with zero attached hydrogens (tertiary/aromatic N) is 3. The first-order valence-electron chi connectivity index (χ1n) is 10.7. The number of aromatic amines is 2.